The molecule has 0 amide bonds. The second-order valence-electron chi connectivity index (χ2n) is 4.09. The van der Waals surface area contributed by atoms with Crippen molar-refractivity contribution in [3.05, 3.63) is 46.2 Å². The molecule has 20 heavy (non-hydrogen) atoms. The molecular formula is C12H13Cl2N3O2S. The first-order valence-corrected chi connectivity index (χ1v) is 8.12. The average Bonchev–Trinajstić information content (AvgIpc) is 2.87. The molecule has 2 aromatic rings. The smallest absolute Gasteiger partial charge is 0.243 e. The molecule has 8 heteroatoms. The summed E-state index contributed by atoms with van der Waals surface area (Å²) >= 11 is 11.8. The van der Waals surface area contributed by atoms with Gasteiger partial charge in [-0.1, -0.05) is 29.3 Å². The highest BCUT2D eigenvalue weighted by atomic mass is 35.5. The van der Waals surface area contributed by atoms with Crippen molar-refractivity contribution in [3.8, 4) is 0 Å². The first-order valence-electron chi connectivity index (χ1n) is 5.88. The Morgan fingerprint density at radius 1 is 1.35 bits per heavy atom. The number of hydrogen-bond donors (Lipinski definition) is 1. The topological polar surface area (TPSA) is 64.0 Å². The lowest BCUT2D eigenvalue weighted by Crippen LogP contribution is -2.23. The first kappa shape index (κ1) is 15.3. The van der Waals surface area contributed by atoms with Crippen LogP contribution in [0.3, 0.4) is 0 Å². The maximum absolute atomic E-state index is 12.1. The van der Waals surface area contributed by atoms with Crippen molar-refractivity contribution in [2.24, 2.45) is 0 Å². The van der Waals surface area contributed by atoms with Crippen LogP contribution in [0, 0.1) is 0 Å². The van der Waals surface area contributed by atoms with Crippen LogP contribution in [0.4, 0.5) is 0 Å². The molecule has 1 aromatic heterocycles. The zero-order valence-electron chi connectivity index (χ0n) is 10.7. The van der Waals surface area contributed by atoms with E-state index in [-0.39, 0.29) is 11.4 Å². The average molecular weight is 334 g/mol. The molecule has 0 radical (unpaired) electrons. The number of sulfonamides is 1. The quantitative estimate of drug-likeness (QED) is 0.914. The standard InChI is InChI=1S/C12H13Cl2N3O2S/c1-2-17-8-11(7-15-17)20(18,19)16-6-9-3-4-10(13)5-12(9)14/h3-5,7-8,16H,2,6H2,1H3. The van der Waals surface area contributed by atoms with Gasteiger partial charge in [0.1, 0.15) is 4.90 Å². The predicted molar refractivity (Wildman–Crippen MR) is 78.4 cm³/mol. The highest BCUT2D eigenvalue weighted by Gasteiger charge is 2.16. The van der Waals surface area contributed by atoms with Gasteiger partial charge in [-0.2, -0.15) is 5.10 Å². The summed E-state index contributed by atoms with van der Waals surface area (Å²) in [5, 5.41) is 4.87. The number of rotatable bonds is 5. The highest BCUT2D eigenvalue weighted by Crippen LogP contribution is 2.21. The monoisotopic (exact) mass is 333 g/mol. The van der Waals surface area contributed by atoms with E-state index in [9.17, 15) is 8.42 Å². The van der Waals surface area contributed by atoms with E-state index in [1.807, 2.05) is 6.92 Å². The molecule has 1 aromatic carbocycles. The summed E-state index contributed by atoms with van der Waals surface area (Å²) in [4.78, 5) is 0.129. The van der Waals surface area contributed by atoms with Gasteiger partial charge in [0.25, 0.3) is 0 Å². The van der Waals surface area contributed by atoms with Crippen LogP contribution >= 0.6 is 23.2 Å². The van der Waals surface area contributed by atoms with Crippen molar-refractivity contribution in [3.63, 3.8) is 0 Å². The summed E-state index contributed by atoms with van der Waals surface area (Å²) in [6.45, 7) is 2.58. The van der Waals surface area contributed by atoms with E-state index < -0.39 is 10.0 Å². The van der Waals surface area contributed by atoms with E-state index in [1.165, 1.54) is 12.4 Å². The lowest BCUT2D eigenvalue weighted by Gasteiger charge is -2.07. The van der Waals surface area contributed by atoms with Gasteiger partial charge in [0, 0.05) is 29.3 Å². The van der Waals surface area contributed by atoms with Gasteiger partial charge in [-0.05, 0) is 24.6 Å². The Morgan fingerprint density at radius 2 is 2.10 bits per heavy atom. The predicted octanol–water partition coefficient (Wildman–Crippen LogP) is 2.69. The fourth-order valence-electron chi connectivity index (χ4n) is 1.58. The van der Waals surface area contributed by atoms with Gasteiger partial charge in [0.2, 0.25) is 10.0 Å². The zero-order valence-corrected chi connectivity index (χ0v) is 13.0. The molecule has 1 heterocycles. The van der Waals surface area contributed by atoms with E-state index >= 15 is 0 Å². The number of benzene rings is 1. The van der Waals surface area contributed by atoms with Crippen LogP contribution in [0.5, 0.6) is 0 Å². The zero-order chi connectivity index (χ0) is 14.8. The van der Waals surface area contributed by atoms with Gasteiger partial charge in [-0.15, -0.1) is 0 Å². The number of nitrogens with zero attached hydrogens (tertiary/aromatic N) is 2. The van der Waals surface area contributed by atoms with Crippen LogP contribution in [-0.2, 0) is 23.1 Å². The summed E-state index contributed by atoms with van der Waals surface area (Å²) in [6.07, 6.45) is 2.79. The molecule has 0 saturated heterocycles. The van der Waals surface area contributed by atoms with E-state index in [0.717, 1.165) is 0 Å². The molecule has 2 rings (SSSR count). The molecular weight excluding hydrogens is 321 g/mol. The molecule has 0 bridgehead atoms. The Morgan fingerprint density at radius 3 is 2.70 bits per heavy atom. The van der Waals surface area contributed by atoms with E-state index in [0.29, 0.717) is 22.2 Å². The molecule has 5 nitrogen and oxygen atoms in total. The van der Waals surface area contributed by atoms with Crippen LogP contribution in [0.25, 0.3) is 0 Å². The van der Waals surface area contributed by atoms with Crippen molar-refractivity contribution in [2.45, 2.75) is 24.9 Å². The molecule has 0 saturated carbocycles. The lowest BCUT2D eigenvalue weighted by molar-refractivity contribution is 0.581. The summed E-state index contributed by atoms with van der Waals surface area (Å²) in [7, 11) is -3.60. The Bertz CT molecular complexity index is 713. The van der Waals surface area contributed by atoms with Crippen molar-refractivity contribution < 1.29 is 8.42 Å². The fraction of sp³-hybridized carbons (Fsp3) is 0.250. The maximum Gasteiger partial charge on any atom is 0.243 e. The largest absolute Gasteiger partial charge is 0.272 e. The number of aromatic nitrogens is 2. The Balaban J connectivity index is 2.13. The van der Waals surface area contributed by atoms with Gasteiger partial charge < -0.3 is 0 Å². The van der Waals surface area contributed by atoms with Gasteiger partial charge in [0.05, 0.1) is 6.20 Å². The normalized spacial score (nSPS) is 11.8. The molecule has 0 atom stereocenters. The lowest BCUT2D eigenvalue weighted by atomic mass is 10.2. The van der Waals surface area contributed by atoms with Crippen molar-refractivity contribution in [1.82, 2.24) is 14.5 Å². The molecule has 0 fully saturated rings. The van der Waals surface area contributed by atoms with Gasteiger partial charge in [-0.3, -0.25) is 4.68 Å². The number of halogens is 2. The van der Waals surface area contributed by atoms with Crippen molar-refractivity contribution in [1.29, 1.82) is 0 Å². The van der Waals surface area contributed by atoms with E-state index in [1.54, 1.807) is 22.9 Å². The van der Waals surface area contributed by atoms with Crippen LogP contribution in [0.2, 0.25) is 10.0 Å². The summed E-state index contributed by atoms with van der Waals surface area (Å²) < 4.78 is 28.2. The molecule has 0 spiro atoms. The Hall–Kier alpha value is -1.08. The SMILES string of the molecule is CCn1cc(S(=O)(=O)NCc2ccc(Cl)cc2Cl)cn1. The summed E-state index contributed by atoms with van der Waals surface area (Å²) in [5.74, 6) is 0. The number of nitrogens with one attached hydrogen (secondary N) is 1. The Kier molecular flexibility index (Phi) is 4.70. The number of aryl methyl sites for hydroxylation is 1. The Labute approximate surface area is 127 Å². The first-order chi connectivity index (χ1) is 9.42. The van der Waals surface area contributed by atoms with Crippen molar-refractivity contribution >= 4 is 33.2 Å². The van der Waals surface area contributed by atoms with Gasteiger partial charge >= 0.3 is 0 Å². The van der Waals surface area contributed by atoms with Crippen LogP contribution in [0.15, 0.2) is 35.5 Å². The minimum Gasteiger partial charge on any atom is -0.272 e. The second-order valence-corrected chi connectivity index (χ2v) is 6.70. The minimum atomic E-state index is -3.60. The van der Waals surface area contributed by atoms with Gasteiger partial charge in [-0.25, -0.2) is 13.1 Å². The molecule has 0 aliphatic carbocycles. The van der Waals surface area contributed by atoms with Crippen LogP contribution in [-0.4, -0.2) is 18.2 Å². The second kappa shape index (κ2) is 6.13. The summed E-state index contributed by atoms with van der Waals surface area (Å²) in [5.41, 5.74) is 0.655. The van der Waals surface area contributed by atoms with E-state index in [2.05, 4.69) is 9.82 Å². The maximum atomic E-state index is 12.1. The molecule has 0 unspecified atom stereocenters. The fourth-order valence-corrected chi connectivity index (χ4v) is 3.01. The van der Waals surface area contributed by atoms with Crippen LogP contribution < -0.4 is 4.72 Å². The molecule has 1 N–H and O–H groups in total. The van der Waals surface area contributed by atoms with E-state index in [4.69, 9.17) is 23.2 Å². The third-order valence-corrected chi connectivity index (χ3v) is 4.65. The van der Waals surface area contributed by atoms with Gasteiger partial charge in [0.15, 0.2) is 0 Å². The summed E-state index contributed by atoms with van der Waals surface area (Å²) in [6, 6.07) is 4.91. The minimum absolute atomic E-state index is 0.0929. The molecule has 0 aliphatic heterocycles. The molecule has 108 valence electrons. The number of hydrogen-bond acceptors (Lipinski definition) is 3. The third-order valence-electron chi connectivity index (χ3n) is 2.71. The van der Waals surface area contributed by atoms with Crippen molar-refractivity contribution in [2.75, 3.05) is 0 Å². The highest BCUT2D eigenvalue weighted by molar-refractivity contribution is 7.89. The van der Waals surface area contributed by atoms with Crippen LogP contribution in [0.1, 0.15) is 12.5 Å². The molecule has 0 aliphatic rings. The third kappa shape index (κ3) is 3.52.